The minimum absolute atomic E-state index is 0. The van der Waals surface area contributed by atoms with Gasteiger partial charge in [-0.15, -0.1) is 35.3 Å². The number of likely N-dealkylation sites (tertiary alicyclic amines) is 1. The average Bonchev–Trinajstić information content (AvgIpc) is 3.34. The van der Waals surface area contributed by atoms with Gasteiger partial charge in [-0.1, -0.05) is 30.3 Å². The number of guanidine groups is 1. The number of benzene rings is 1. The topological polar surface area (TPSA) is 59.0 Å². The van der Waals surface area contributed by atoms with Gasteiger partial charge in [0, 0.05) is 43.6 Å². The molecule has 1 aromatic heterocycles. The number of rotatable bonds is 8. The zero-order chi connectivity index (χ0) is 19.8. The highest BCUT2D eigenvalue weighted by molar-refractivity contribution is 14.0. The van der Waals surface area contributed by atoms with Gasteiger partial charge in [-0.05, 0) is 13.3 Å². The van der Waals surface area contributed by atoms with Crippen molar-refractivity contribution in [3.8, 4) is 10.6 Å². The Morgan fingerprint density at radius 1 is 1.31 bits per heavy atom. The van der Waals surface area contributed by atoms with Gasteiger partial charge >= 0.3 is 0 Å². The normalized spacial score (nSPS) is 16.7. The third-order valence-electron chi connectivity index (χ3n) is 4.90. The summed E-state index contributed by atoms with van der Waals surface area (Å²) in [7, 11) is 3.55. The van der Waals surface area contributed by atoms with Crippen LogP contribution in [0.4, 0.5) is 0 Å². The van der Waals surface area contributed by atoms with E-state index in [0.29, 0.717) is 19.1 Å². The number of aromatic nitrogens is 1. The number of halogens is 1. The van der Waals surface area contributed by atoms with E-state index in [4.69, 9.17) is 14.5 Å². The first-order valence-corrected chi connectivity index (χ1v) is 10.6. The molecule has 1 aliphatic heterocycles. The van der Waals surface area contributed by atoms with Crippen molar-refractivity contribution in [2.45, 2.75) is 19.9 Å². The third-order valence-corrected chi connectivity index (χ3v) is 6.11. The summed E-state index contributed by atoms with van der Waals surface area (Å²) in [5.74, 6) is 1.50. The summed E-state index contributed by atoms with van der Waals surface area (Å²) in [6, 6.07) is 10.3. The highest BCUT2D eigenvalue weighted by Crippen LogP contribution is 2.27. The second kappa shape index (κ2) is 12.5. The van der Waals surface area contributed by atoms with E-state index >= 15 is 0 Å². The number of thiazole rings is 1. The second-order valence-electron chi connectivity index (χ2n) is 6.96. The van der Waals surface area contributed by atoms with E-state index in [-0.39, 0.29) is 24.0 Å². The molecule has 1 fully saturated rings. The molecule has 0 radical (unpaired) electrons. The van der Waals surface area contributed by atoms with Crippen LogP contribution >= 0.6 is 35.3 Å². The fourth-order valence-corrected chi connectivity index (χ4v) is 4.35. The van der Waals surface area contributed by atoms with Crippen LogP contribution in [0.25, 0.3) is 10.6 Å². The first-order chi connectivity index (χ1) is 13.7. The Bertz CT molecular complexity index is 769. The number of hydrogen-bond donors (Lipinski definition) is 1. The van der Waals surface area contributed by atoms with Gasteiger partial charge in [0.1, 0.15) is 5.01 Å². The molecule has 1 N–H and O–H groups in total. The van der Waals surface area contributed by atoms with Crippen molar-refractivity contribution in [1.82, 2.24) is 15.2 Å². The first-order valence-electron chi connectivity index (χ1n) is 9.75. The highest BCUT2D eigenvalue weighted by atomic mass is 127. The lowest BCUT2D eigenvalue weighted by Gasteiger charge is -2.21. The molecule has 0 bridgehead atoms. The lowest BCUT2D eigenvalue weighted by Crippen LogP contribution is -2.39. The quantitative estimate of drug-likeness (QED) is 0.244. The molecule has 2 aromatic rings. The molecule has 1 atom stereocenters. The van der Waals surface area contributed by atoms with E-state index < -0.39 is 0 Å². The summed E-state index contributed by atoms with van der Waals surface area (Å²) in [5.41, 5.74) is 2.25. The molecule has 1 saturated heterocycles. The van der Waals surface area contributed by atoms with Gasteiger partial charge < -0.3 is 19.7 Å². The molecule has 29 heavy (non-hydrogen) atoms. The smallest absolute Gasteiger partial charge is 0.193 e. The lowest BCUT2D eigenvalue weighted by molar-refractivity contribution is 0.0536. The number of methoxy groups -OCH3 is 1. The van der Waals surface area contributed by atoms with E-state index in [1.807, 2.05) is 13.1 Å². The molecular formula is C21H31IN4O2S. The van der Waals surface area contributed by atoms with Crippen molar-refractivity contribution >= 4 is 41.3 Å². The molecular weight excluding hydrogens is 499 g/mol. The minimum Gasteiger partial charge on any atom is -0.382 e. The van der Waals surface area contributed by atoms with Crippen LogP contribution in [-0.2, 0) is 16.0 Å². The molecule has 3 rings (SSSR count). The Morgan fingerprint density at radius 3 is 2.83 bits per heavy atom. The van der Waals surface area contributed by atoms with Gasteiger partial charge in [0.05, 0.1) is 32.1 Å². The largest absolute Gasteiger partial charge is 0.382 e. The van der Waals surface area contributed by atoms with E-state index in [9.17, 15) is 0 Å². The van der Waals surface area contributed by atoms with Crippen molar-refractivity contribution in [3.05, 3.63) is 40.9 Å². The SMILES string of the molecule is CN=C(NCc1sc(-c2ccccc2)nc1C)N1CCC(COCCOC)C1.I. The first kappa shape index (κ1) is 24.0. The lowest BCUT2D eigenvalue weighted by atomic mass is 10.1. The minimum atomic E-state index is 0. The fraction of sp³-hybridized carbons (Fsp3) is 0.524. The molecule has 0 aliphatic carbocycles. The summed E-state index contributed by atoms with van der Waals surface area (Å²) >= 11 is 1.74. The second-order valence-corrected chi connectivity index (χ2v) is 8.05. The Labute approximate surface area is 194 Å². The maximum absolute atomic E-state index is 5.69. The van der Waals surface area contributed by atoms with Crippen LogP contribution in [0.5, 0.6) is 0 Å². The van der Waals surface area contributed by atoms with E-state index in [0.717, 1.165) is 49.3 Å². The van der Waals surface area contributed by atoms with Crippen molar-refractivity contribution < 1.29 is 9.47 Å². The summed E-state index contributed by atoms with van der Waals surface area (Å²) in [4.78, 5) is 12.8. The zero-order valence-corrected chi connectivity index (χ0v) is 20.5. The van der Waals surface area contributed by atoms with Gasteiger partial charge in [-0.2, -0.15) is 0 Å². The molecule has 0 saturated carbocycles. The van der Waals surface area contributed by atoms with Crippen LogP contribution < -0.4 is 5.32 Å². The van der Waals surface area contributed by atoms with Crippen molar-refractivity contribution in [1.29, 1.82) is 0 Å². The Hall–Kier alpha value is -1.23. The standard InChI is InChI=1S/C21H30N4O2S.HI/c1-16-19(28-20(24-16)18-7-5-4-6-8-18)13-23-21(22-2)25-10-9-17(14-25)15-27-12-11-26-3;/h4-8,17H,9-15H2,1-3H3,(H,22,23);1H. The van der Waals surface area contributed by atoms with Crippen molar-refractivity contribution in [2.24, 2.45) is 10.9 Å². The monoisotopic (exact) mass is 530 g/mol. The van der Waals surface area contributed by atoms with Crippen LogP contribution in [-0.4, -0.2) is 62.9 Å². The van der Waals surface area contributed by atoms with E-state index in [1.54, 1.807) is 18.4 Å². The number of aryl methyl sites for hydroxylation is 1. The van der Waals surface area contributed by atoms with Crippen LogP contribution in [0, 0.1) is 12.8 Å². The molecule has 1 aliphatic rings. The van der Waals surface area contributed by atoms with Gasteiger partial charge in [0.15, 0.2) is 5.96 Å². The molecule has 0 spiro atoms. The summed E-state index contributed by atoms with van der Waals surface area (Å²) in [5, 5.41) is 4.58. The molecule has 8 heteroatoms. The van der Waals surface area contributed by atoms with Crippen LogP contribution in [0.1, 0.15) is 17.0 Å². The Morgan fingerprint density at radius 2 is 2.10 bits per heavy atom. The molecule has 0 amide bonds. The summed E-state index contributed by atoms with van der Waals surface area (Å²) in [6.45, 7) is 6.90. The Balaban J connectivity index is 0.00000300. The number of aliphatic imine (C=N–C) groups is 1. The number of ether oxygens (including phenoxy) is 2. The van der Waals surface area contributed by atoms with Crippen LogP contribution in [0.15, 0.2) is 35.3 Å². The van der Waals surface area contributed by atoms with Gasteiger partial charge in [0.2, 0.25) is 0 Å². The van der Waals surface area contributed by atoms with Crippen molar-refractivity contribution in [2.75, 3.05) is 47.1 Å². The van der Waals surface area contributed by atoms with Crippen LogP contribution in [0.3, 0.4) is 0 Å². The number of hydrogen-bond acceptors (Lipinski definition) is 5. The van der Waals surface area contributed by atoms with E-state index in [1.165, 1.54) is 10.4 Å². The summed E-state index contributed by atoms with van der Waals surface area (Å²) < 4.78 is 10.7. The van der Waals surface area contributed by atoms with Gasteiger partial charge in [0.25, 0.3) is 0 Å². The molecule has 6 nitrogen and oxygen atoms in total. The van der Waals surface area contributed by atoms with Gasteiger partial charge in [-0.25, -0.2) is 4.98 Å². The van der Waals surface area contributed by atoms with E-state index in [2.05, 4.69) is 46.4 Å². The fourth-order valence-electron chi connectivity index (χ4n) is 3.34. The molecule has 2 heterocycles. The number of nitrogens with one attached hydrogen (secondary N) is 1. The molecule has 1 aromatic carbocycles. The predicted octanol–water partition coefficient (Wildman–Crippen LogP) is 3.80. The predicted molar refractivity (Wildman–Crippen MR) is 130 cm³/mol. The van der Waals surface area contributed by atoms with Gasteiger partial charge in [-0.3, -0.25) is 4.99 Å². The highest BCUT2D eigenvalue weighted by Gasteiger charge is 2.25. The Kier molecular flexibility index (Phi) is 10.3. The molecule has 160 valence electrons. The maximum atomic E-state index is 5.69. The van der Waals surface area contributed by atoms with Crippen LogP contribution in [0.2, 0.25) is 0 Å². The summed E-state index contributed by atoms with van der Waals surface area (Å²) in [6.07, 6.45) is 1.13. The molecule has 1 unspecified atom stereocenters. The third kappa shape index (κ3) is 6.91. The number of nitrogens with zero attached hydrogens (tertiary/aromatic N) is 3. The average molecular weight is 530 g/mol. The van der Waals surface area contributed by atoms with Crippen molar-refractivity contribution in [3.63, 3.8) is 0 Å². The maximum Gasteiger partial charge on any atom is 0.193 e. The zero-order valence-electron chi connectivity index (χ0n) is 17.4.